The number of aromatic nitrogens is 4. The van der Waals surface area contributed by atoms with Crippen LogP contribution in [0.2, 0.25) is 0 Å². The van der Waals surface area contributed by atoms with E-state index < -0.39 is 0 Å². The zero-order chi connectivity index (χ0) is 11.7. The number of nitrogens with one attached hydrogen (secondary N) is 1. The third kappa shape index (κ3) is 1.72. The van der Waals surface area contributed by atoms with E-state index in [-0.39, 0.29) is 0 Å². The van der Waals surface area contributed by atoms with Crippen molar-refractivity contribution >= 4 is 27.5 Å². The van der Waals surface area contributed by atoms with Crippen molar-refractivity contribution in [2.24, 2.45) is 0 Å². The first-order chi connectivity index (χ1) is 8.38. The summed E-state index contributed by atoms with van der Waals surface area (Å²) in [4.78, 5) is 16.9. The fourth-order valence-electron chi connectivity index (χ4n) is 1.59. The summed E-state index contributed by atoms with van der Waals surface area (Å²) < 4.78 is 1.05. The molecule has 0 bridgehead atoms. The van der Waals surface area contributed by atoms with Gasteiger partial charge in [0.2, 0.25) is 5.95 Å². The minimum absolute atomic E-state index is 0.606. The molecular weight excluding hydrogens is 234 g/mol. The van der Waals surface area contributed by atoms with Gasteiger partial charge in [0.1, 0.15) is 6.33 Å². The molecule has 0 amide bonds. The molecule has 0 aliphatic carbocycles. The van der Waals surface area contributed by atoms with Crippen LogP contribution in [0, 0.1) is 0 Å². The normalized spacial score (nSPS) is 10.6. The first-order valence-corrected chi connectivity index (χ1v) is 5.95. The van der Waals surface area contributed by atoms with Gasteiger partial charge in [0, 0.05) is 25.0 Å². The second-order valence-electron chi connectivity index (χ2n) is 3.41. The maximum atomic E-state index is 4.47. The van der Waals surface area contributed by atoms with Gasteiger partial charge < -0.3 is 5.32 Å². The fourth-order valence-corrected chi connectivity index (χ4v) is 2.43. The fraction of sp³-hybridized carbons (Fsp3) is 0.0909. The minimum Gasteiger partial charge on any atom is -0.357 e. The lowest BCUT2D eigenvalue weighted by Gasteiger charge is -2.04. The van der Waals surface area contributed by atoms with Gasteiger partial charge in [0.15, 0.2) is 0 Å². The Labute approximate surface area is 102 Å². The van der Waals surface area contributed by atoms with Gasteiger partial charge in [0.05, 0.1) is 15.9 Å². The highest BCUT2D eigenvalue weighted by Crippen LogP contribution is 2.30. The van der Waals surface area contributed by atoms with Crippen molar-refractivity contribution < 1.29 is 0 Å². The van der Waals surface area contributed by atoms with Crippen molar-refractivity contribution in [3.05, 3.63) is 30.2 Å². The van der Waals surface area contributed by atoms with Crippen molar-refractivity contribution in [3.63, 3.8) is 0 Å². The van der Waals surface area contributed by atoms with Crippen LogP contribution in [0.25, 0.3) is 21.5 Å². The molecule has 0 spiro atoms. The smallest absolute Gasteiger partial charge is 0.223 e. The van der Waals surface area contributed by atoms with Gasteiger partial charge >= 0.3 is 0 Å². The Balaban J connectivity index is 2.30. The molecule has 5 nitrogen and oxygen atoms in total. The number of hydrogen-bond acceptors (Lipinski definition) is 6. The zero-order valence-corrected chi connectivity index (χ0v) is 9.90. The van der Waals surface area contributed by atoms with E-state index in [0.29, 0.717) is 5.95 Å². The number of hydrogen-bond donors (Lipinski definition) is 1. The molecule has 0 aromatic carbocycles. The Kier molecular flexibility index (Phi) is 2.41. The minimum atomic E-state index is 0.606. The summed E-state index contributed by atoms with van der Waals surface area (Å²) in [6.45, 7) is 0. The third-order valence-corrected chi connectivity index (χ3v) is 3.27. The maximum Gasteiger partial charge on any atom is 0.223 e. The summed E-state index contributed by atoms with van der Waals surface area (Å²) >= 11 is 1.62. The van der Waals surface area contributed by atoms with Crippen molar-refractivity contribution in [3.8, 4) is 11.3 Å². The Bertz CT molecular complexity index is 649. The summed E-state index contributed by atoms with van der Waals surface area (Å²) in [5.74, 6) is 0.606. The van der Waals surface area contributed by atoms with Crippen LogP contribution in [-0.4, -0.2) is 27.0 Å². The highest BCUT2D eigenvalue weighted by atomic mass is 32.1. The van der Waals surface area contributed by atoms with Gasteiger partial charge in [-0.2, -0.15) is 0 Å². The Hall–Kier alpha value is -2.08. The van der Waals surface area contributed by atoms with Crippen LogP contribution in [0.3, 0.4) is 0 Å². The molecule has 0 atom stereocenters. The molecule has 0 aliphatic heterocycles. The van der Waals surface area contributed by atoms with Crippen LogP contribution < -0.4 is 5.32 Å². The summed E-state index contributed by atoms with van der Waals surface area (Å²) in [5, 5.41) is 4.97. The average Bonchev–Trinajstić information content (AvgIpc) is 2.86. The van der Waals surface area contributed by atoms with Gasteiger partial charge in [0.25, 0.3) is 0 Å². The molecule has 1 N–H and O–H groups in total. The molecule has 0 unspecified atom stereocenters. The van der Waals surface area contributed by atoms with Gasteiger partial charge in [-0.15, -0.1) is 11.3 Å². The lowest BCUT2D eigenvalue weighted by Crippen LogP contribution is -1.98. The van der Waals surface area contributed by atoms with Crippen LogP contribution >= 0.6 is 11.3 Å². The van der Waals surface area contributed by atoms with Crippen LogP contribution in [0.1, 0.15) is 0 Å². The summed E-state index contributed by atoms with van der Waals surface area (Å²) in [7, 11) is 1.80. The van der Waals surface area contributed by atoms with Crippen LogP contribution in [-0.2, 0) is 0 Å². The standard InChI is InChI=1S/C11H9N5S/c1-12-11-15-8-2-3-17-10(8)9(16-11)7-4-13-6-14-5-7/h2-6H,1H3,(H,12,15,16). The predicted octanol–water partition coefficient (Wildman–Crippen LogP) is 2.19. The molecule has 17 heavy (non-hydrogen) atoms. The largest absolute Gasteiger partial charge is 0.357 e. The molecule has 0 saturated carbocycles. The van der Waals surface area contributed by atoms with Crippen molar-refractivity contribution in [1.29, 1.82) is 0 Å². The van der Waals surface area contributed by atoms with Crippen molar-refractivity contribution in [2.75, 3.05) is 12.4 Å². The molecule has 3 aromatic rings. The molecule has 0 radical (unpaired) electrons. The SMILES string of the molecule is CNc1nc(-c2cncnc2)c2sccc2n1. The van der Waals surface area contributed by atoms with Crippen molar-refractivity contribution in [2.45, 2.75) is 0 Å². The molecule has 0 aliphatic rings. The monoisotopic (exact) mass is 243 g/mol. The second kappa shape index (κ2) is 4.06. The van der Waals surface area contributed by atoms with E-state index >= 15 is 0 Å². The van der Waals surface area contributed by atoms with E-state index in [2.05, 4.69) is 25.3 Å². The molecule has 84 valence electrons. The zero-order valence-electron chi connectivity index (χ0n) is 9.08. The third-order valence-electron chi connectivity index (χ3n) is 2.36. The molecule has 3 rings (SSSR count). The average molecular weight is 243 g/mol. The highest BCUT2D eigenvalue weighted by molar-refractivity contribution is 7.17. The lowest BCUT2D eigenvalue weighted by atomic mass is 10.2. The lowest BCUT2D eigenvalue weighted by molar-refractivity contribution is 1.15. The van der Waals surface area contributed by atoms with E-state index in [1.54, 1.807) is 30.8 Å². The molecule has 3 aromatic heterocycles. The molecule has 3 heterocycles. The molecular formula is C11H9N5S. The summed E-state index contributed by atoms with van der Waals surface area (Å²) in [6, 6.07) is 1.98. The topological polar surface area (TPSA) is 63.6 Å². The highest BCUT2D eigenvalue weighted by Gasteiger charge is 2.10. The van der Waals surface area contributed by atoms with Crippen LogP contribution in [0.15, 0.2) is 30.2 Å². The van der Waals surface area contributed by atoms with Gasteiger partial charge in [-0.25, -0.2) is 19.9 Å². The van der Waals surface area contributed by atoms with Gasteiger partial charge in [-0.3, -0.25) is 0 Å². The van der Waals surface area contributed by atoms with E-state index in [1.807, 2.05) is 11.4 Å². The number of rotatable bonds is 2. The van der Waals surface area contributed by atoms with E-state index in [0.717, 1.165) is 21.5 Å². The first-order valence-electron chi connectivity index (χ1n) is 5.07. The van der Waals surface area contributed by atoms with E-state index in [1.165, 1.54) is 6.33 Å². The Morgan fingerprint density at radius 1 is 1.18 bits per heavy atom. The summed E-state index contributed by atoms with van der Waals surface area (Å²) in [6.07, 6.45) is 5.02. The molecule has 0 saturated heterocycles. The van der Waals surface area contributed by atoms with Crippen LogP contribution in [0.5, 0.6) is 0 Å². The predicted molar refractivity (Wildman–Crippen MR) is 68.0 cm³/mol. The van der Waals surface area contributed by atoms with Gasteiger partial charge in [-0.1, -0.05) is 0 Å². The van der Waals surface area contributed by atoms with Gasteiger partial charge in [-0.05, 0) is 11.4 Å². The molecule has 6 heteroatoms. The Morgan fingerprint density at radius 2 is 2.00 bits per heavy atom. The van der Waals surface area contributed by atoms with E-state index in [9.17, 15) is 0 Å². The van der Waals surface area contributed by atoms with E-state index in [4.69, 9.17) is 0 Å². The summed E-state index contributed by atoms with van der Waals surface area (Å²) in [5.41, 5.74) is 2.71. The number of fused-ring (bicyclic) bond motifs is 1. The molecule has 0 fully saturated rings. The maximum absolute atomic E-state index is 4.47. The quantitative estimate of drug-likeness (QED) is 0.747. The number of anilines is 1. The number of nitrogens with zero attached hydrogens (tertiary/aromatic N) is 4. The number of thiophene rings is 1. The van der Waals surface area contributed by atoms with Crippen molar-refractivity contribution in [1.82, 2.24) is 19.9 Å². The van der Waals surface area contributed by atoms with Crippen LogP contribution in [0.4, 0.5) is 5.95 Å². The second-order valence-corrected chi connectivity index (χ2v) is 4.32. The Morgan fingerprint density at radius 3 is 2.76 bits per heavy atom. The first kappa shape index (κ1) is 10.1.